The third kappa shape index (κ3) is 11.0. The van der Waals surface area contributed by atoms with Crippen LogP contribution < -0.4 is 5.32 Å². The summed E-state index contributed by atoms with van der Waals surface area (Å²) < 4.78 is 5.15. The summed E-state index contributed by atoms with van der Waals surface area (Å²) >= 11 is 2.15. The summed E-state index contributed by atoms with van der Waals surface area (Å²) in [5.41, 5.74) is 0. The maximum absolute atomic E-state index is 5.15. The molecule has 0 aliphatic carbocycles. The van der Waals surface area contributed by atoms with E-state index in [1.54, 1.807) is 0 Å². The largest absolute Gasteiger partial charge is 0.320 e. The average Bonchev–Trinajstić information content (AvgIpc) is 2.10. The van der Waals surface area contributed by atoms with Gasteiger partial charge in [-0.1, -0.05) is 19.3 Å². The fourth-order valence-corrected chi connectivity index (χ4v) is 1.74. The fraction of sp³-hybridized carbons (Fsp3) is 1.00. The lowest BCUT2D eigenvalue weighted by Gasteiger charge is -2.00. The van der Waals surface area contributed by atoms with Gasteiger partial charge in [-0.3, -0.25) is 0 Å². The highest BCUT2D eigenvalue weighted by Gasteiger charge is 1.90. The molecule has 0 aromatic carbocycles. The Bertz CT molecular complexity index is 75.5. The zero-order chi connectivity index (χ0) is 9.07. The molecule has 0 bridgehead atoms. The van der Waals surface area contributed by atoms with Crippen LogP contribution in [-0.4, -0.2) is 20.2 Å². The van der Waals surface area contributed by atoms with Gasteiger partial charge in [-0.15, -0.1) is 0 Å². The molecular formula is C8H18INOS. The summed E-state index contributed by atoms with van der Waals surface area (Å²) in [5.74, 6) is 0. The Kier molecular flexibility index (Phi) is 13.0. The summed E-state index contributed by atoms with van der Waals surface area (Å²) in [6.45, 7) is 2.06. The van der Waals surface area contributed by atoms with E-state index in [9.17, 15) is 0 Å². The smallest absolute Gasteiger partial charge is 0.0650 e. The highest BCUT2D eigenvalue weighted by molar-refractivity contribution is 14.2. The van der Waals surface area contributed by atoms with Crippen LogP contribution in [0.1, 0.15) is 32.1 Å². The van der Waals surface area contributed by atoms with E-state index in [1.165, 1.54) is 41.3 Å². The second kappa shape index (κ2) is 12.0. The second-order valence-electron chi connectivity index (χ2n) is 2.76. The first-order valence-corrected chi connectivity index (χ1v) is 7.75. The van der Waals surface area contributed by atoms with E-state index in [2.05, 4.69) is 26.5 Å². The van der Waals surface area contributed by atoms with E-state index in [1.807, 2.05) is 7.05 Å². The lowest BCUT2D eigenvalue weighted by atomic mass is 10.1. The van der Waals surface area contributed by atoms with Gasteiger partial charge in [0.05, 0.1) is 15.8 Å². The van der Waals surface area contributed by atoms with Crippen molar-refractivity contribution in [2.45, 2.75) is 32.1 Å². The van der Waals surface area contributed by atoms with Gasteiger partial charge >= 0.3 is 0 Å². The van der Waals surface area contributed by atoms with Crippen molar-refractivity contribution in [2.75, 3.05) is 20.2 Å². The Labute approximate surface area is 92.0 Å². The number of nitrogens with one attached hydrogen (secondary N) is 1. The molecule has 4 heteroatoms. The van der Waals surface area contributed by atoms with Gasteiger partial charge in [0.2, 0.25) is 0 Å². The summed E-state index contributed by atoms with van der Waals surface area (Å²) in [5, 5.41) is 3.15. The van der Waals surface area contributed by atoms with Gasteiger partial charge in [0.15, 0.2) is 0 Å². The van der Waals surface area contributed by atoms with Crippen molar-refractivity contribution in [3.63, 3.8) is 0 Å². The first-order chi connectivity index (χ1) is 5.91. The number of hydrogen-bond acceptors (Lipinski definition) is 3. The van der Waals surface area contributed by atoms with Crippen LogP contribution in [-0.2, 0) is 4.18 Å². The minimum atomic E-state index is 0.902. The molecule has 1 N–H and O–H groups in total. The molecule has 0 fully saturated rings. The average molecular weight is 303 g/mol. The van der Waals surface area contributed by atoms with E-state index in [0.717, 1.165) is 13.2 Å². The van der Waals surface area contributed by atoms with Gasteiger partial charge < -0.3 is 9.50 Å². The van der Waals surface area contributed by atoms with Gasteiger partial charge in [-0.05, 0) is 26.4 Å². The van der Waals surface area contributed by atoms with Gasteiger partial charge in [0.25, 0.3) is 0 Å². The van der Waals surface area contributed by atoms with Crippen LogP contribution in [0.5, 0.6) is 0 Å². The third-order valence-electron chi connectivity index (χ3n) is 1.70. The van der Waals surface area contributed by atoms with Crippen molar-refractivity contribution in [3.05, 3.63) is 0 Å². The molecule has 0 aliphatic rings. The lowest BCUT2D eigenvalue weighted by Crippen LogP contribution is -2.06. The Morgan fingerprint density at radius 2 is 1.83 bits per heavy atom. The Hall–Kier alpha value is 1.00. The summed E-state index contributed by atoms with van der Waals surface area (Å²) in [6, 6.07) is 0. The molecule has 0 atom stereocenters. The zero-order valence-corrected chi connectivity index (χ0v) is 10.6. The van der Waals surface area contributed by atoms with Gasteiger partial charge in [-0.2, -0.15) is 0 Å². The van der Waals surface area contributed by atoms with Gasteiger partial charge in [0.1, 0.15) is 0 Å². The molecule has 2 nitrogen and oxygen atoms in total. The van der Waals surface area contributed by atoms with E-state index >= 15 is 0 Å². The predicted molar refractivity (Wildman–Crippen MR) is 64.6 cm³/mol. The lowest BCUT2D eigenvalue weighted by molar-refractivity contribution is 0.361. The molecule has 0 heterocycles. The standard InChI is InChI=1S/C8H18INOS/c1-10-7-5-3-2-4-6-8-11-12-9/h10H,2-8H2,1H3. The van der Waals surface area contributed by atoms with E-state index in [4.69, 9.17) is 4.18 Å². The maximum atomic E-state index is 5.15. The quantitative estimate of drug-likeness (QED) is 0.401. The summed E-state index contributed by atoms with van der Waals surface area (Å²) in [4.78, 5) is 0. The molecule has 0 amide bonds. The summed E-state index contributed by atoms with van der Waals surface area (Å²) in [6.07, 6.45) is 6.50. The van der Waals surface area contributed by atoms with Crippen LogP contribution in [0.15, 0.2) is 0 Å². The highest BCUT2D eigenvalue weighted by Crippen LogP contribution is 2.13. The molecule has 0 aliphatic heterocycles. The molecule has 0 rings (SSSR count). The van der Waals surface area contributed by atoms with Crippen LogP contribution in [0.3, 0.4) is 0 Å². The molecule has 0 saturated carbocycles. The number of rotatable bonds is 9. The van der Waals surface area contributed by atoms with Crippen molar-refractivity contribution < 1.29 is 4.18 Å². The minimum absolute atomic E-state index is 0.902. The van der Waals surface area contributed by atoms with Crippen LogP contribution in [0, 0.1) is 0 Å². The zero-order valence-electron chi connectivity index (χ0n) is 7.64. The molecule has 0 aromatic rings. The molecule has 0 saturated heterocycles. The first-order valence-electron chi connectivity index (χ1n) is 4.46. The molecule has 0 radical (unpaired) electrons. The normalized spacial score (nSPS) is 10.5. The topological polar surface area (TPSA) is 21.3 Å². The second-order valence-corrected chi connectivity index (χ2v) is 4.20. The summed E-state index contributed by atoms with van der Waals surface area (Å²) in [7, 11) is 3.44. The van der Waals surface area contributed by atoms with Crippen LogP contribution >= 0.6 is 30.4 Å². The van der Waals surface area contributed by atoms with Crippen LogP contribution in [0.2, 0.25) is 0 Å². The Morgan fingerprint density at radius 3 is 2.50 bits per heavy atom. The molecule has 12 heavy (non-hydrogen) atoms. The van der Waals surface area contributed by atoms with Crippen molar-refractivity contribution in [1.29, 1.82) is 0 Å². The fourth-order valence-electron chi connectivity index (χ4n) is 1.02. The van der Waals surface area contributed by atoms with E-state index < -0.39 is 0 Å². The SMILES string of the molecule is CNCCCCCCCOSI. The molecule has 0 unspecified atom stereocenters. The molecule has 74 valence electrons. The predicted octanol–water partition coefficient (Wildman–Crippen LogP) is 3.17. The molecule has 0 aromatic heterocycles. The third-order valence-corrected chi connectivity index (χ3v) is 2.72. The maximum Gasteiger partial charge on any atom is 0.0650 e. The molecule has 0 spiro atoms. The van der Waals surface area contributed by atoms with Crippen LogP contribution in [0.4, 0.5) is 0 Å². The monoisotopic (exact) mass is 303 g/mol. The number of unbranched alkanes of at least 4 members (excludes halogenated alkanes) is 4. The van der Waals surface area contributed by atoms with Crippen molar-refractivity contribution in [3.8, 4) is 0 Å². The Morgan fingerprint density at radius 1 is 1.17 bits per heavy atom. The Balaban J connectivity index is 2.73. The van der Waals surface area contributed by atoms with Gasteiger partial charge in [0, 0.05) is 21.2 Å². The van der Waals surface area contributed by atoms with Crippen molar-refractivity contribution in [2.24, 2.45) is 0 Å². The van der Waals surface area contributed by atoms with E-state index in [0.29, 0.717) is 0 Å². The highest BCUT2D eigenvalue weighted by atomic mass is 127. The van der Waals surface area contributed by atoms with Gasteiger partial charge in [-0.25, -0.2) is 0 Å². The van der Waals surface area contributed by atoms with Crippen molar-refractivity contribution in [1.82, 2.24) is 5.32 Å². The number of hydrogen-bond donors (Lipinski definition) is 1. The number of halogens is 1. The van der Waals surface area contributed by atoms with E-state index in [-0.39, 0.29) is 0 Å². The van der Waals surface area contributed by atoms with Crippen LogP contribution in [0.25, 0.3) is 0 Å². The van der Waals surface area contributed by atoms with Crippen molar-refractivity contribution >= 4 is 30.4 Å². The molecular weight excluding hydrogens is 285 g/mol. The minimum Gasteiger partial charge on any atom is -0.320 e. The first kappa shape index (κ1) is 13.0.